The second kappa shape index (κ2) is 7.17. The number of carbonyl (C=O) groups is 2. The highest BCUT2D eigenvalue weighted by Crippen LogP contribution is 2.16. The van der Waals surface area contributed by atoms with Crippen LogP contribution in [0.1, 0.15) is 12.8 Å². The van der Waals surface area contributed by atoms with Crippen LogP contribution in [0.25, 0.3) is 0 Å². The SMILES string of the molecule is COC(=O)NC1CCN(C(=O)Nc2ccc(Cl)cc2)CC1. The van der Waals surface area contributed by atoms with E-state index < -0.39 is 6.09 Å². The zero-order valence-electron chi connectivity index (χ0n) is 11.8. The molecule has 0 aromatic heterocycles. The molecular weight excluding hydrogens is 294 g/mol. The summed E-state index contributed by atoms with van der Waals surface area (Å²) in [6.45, 7) is 1.18. The fraction of sp³-hybridized carbons (Fsp3) is 0.429. The molecule has 1 heterocycles. The summed E-state index contributed by atoms with van der Waals surface area (Å²) in [6, 6.07) is 6.87. The molecule has 1 aliphatic rings. The normalized spacial score (nSPS) is 15.4. The Kier molecular flexibility index (Phi) is 5.27. The second-order valence-corrected chi connectivity index (χ2v) is 5.27. The number of amides is 3. The molecule has 1 aromatic carbocycles. The molecule has 1 aliphatic heterocycles. The van der Waals surface area contributed by atoms with Crippen molar-refractivity contribution in [2.75, 3.05) is 25.5 Å². The summed E-state index contributed by atoms with van der Waals surface area (Å²) in [5.41, 5.74) is 0.708. The maximum atomic E-state index is 12.1. The number of alkyl carbamates (subject to hydrolysis) is 1. The molecule has 2 N–H and O–H groups in total. The molecule has 0 bridgehead atoms. The van der Waals surface area contributed by atoms with E-state index in [4.69, 9.17) is 11.6 Å². The van der Waals surface area contributed by atoms with Gasteiger partial charge < -0.3 is 20.3 Å². The minimum atomic E-state index is -0.431. The number of hydrogen-bond donors (Lipinski definition) is 2. The van der Waals surface area contributed by atoms with E-state index in [0.29, 0.717) is 36.6 Å². The van der Waals surface area contributed by atoms with E-state index in [1.807, 2.05) is 0 Å². The van der Waals surface area contributed by atoms with Gasteiger partial charge in [-0.15, -0.1) is 0 Å². The van der Waals surface area contributed by atoms with Crippen LogP contribution >= 0.6 is 11.6 Å². The number of rotatable bonds is 2. The van der Waals surface area contributed by atoms with Crippen molar-refractivity contribution in [3.8, 4) is 0 Å². The summed E-state index contributed by atoms with van der Waals surface area (Å²) in [5.74, 6) is 0. The van der Waals surface area contributed by atoms with Gasteiger partial charge in [0.15, 0.2) is 0 Å². The number of nitrogens with one attached hydrogen (secondary N) is 2. The van der Waals surface area contributed by atoms with E-state index in [2.05, 4.69) is 15.4 Å². The van der Waals surface area contributed by atoms with Crippen molar-refractivity contribution in [3.63, 3.8) is 0 Å². The number of carbonyl (C=O) groups excluding carboxylic acids is 2. The summed E-state index contributed by atoms with van der Waals surface area (Å²) >= 11 is 5.80. The fourth-order valence-electron chi connectivity index (χ4n) is 2.19. The Morgan fingerprint density at radius 1 is 1.24 bits per heavy atom. The molecule has 0 atom stereocenters. The van der Waals surface area contributed by atoms with Crippen LogP contribution in [0.3, 0.4) is 0 Å². The number of benzene rings is 1. The van der Waals surface area contributed by atoms with Crippen LogP contribution in [0.15, 0.2) is 24.3 Å². The lowest BCUT2D eigenvalue weighted by atomic mass is 10.1. The first-order chi connectivity index (χ1) is 10.1. The number of likely N-dealkylation sites (tertiary alicyclic amines) is 1. The van der Waals surface area contributed by atoms with Crippen LogP contribution in [0, 0.1) is 0 Å². The Labute approximate surface area is 128 Å². The lowest BCUT2D eigenvalue weighted by Gasteiger charge is -2.32. The van der Waals surface area contributed by atoms with Crippen molar-refractivity contribution >= 4 is 29.4 Å². The average Bonchev–Trinajstić information content (AvgIpc) is 2.50. The van der Waals surface area contributed by atoms with Crippen LogP contribution in [-0.4, -0.2) is 43.3 Å². The van der Waals surface area contributed by atoms with Crippen molar-refractivity contribution in [2.45, 2.75) is 18.9 Å². The Balaban J connectivity index is 1.80. The number of halogens is 1. The largest absolute Gasteiger partial charge is 0.453 e. The van der Waals surface area contributed by atoms with Crippen molar-refractivity contribution in [3.05, 3.63) is 29.3 Å². The maximum absolute atomic E-state index is 12.1. The highest BCUT2D eigenvalue weighted by Gasteiger charge is 2.23. The third-order valence-corrected chi connectivity index (χ3v) is 3.64. The molecule has 0 saturated carbocycles. The Morgan fingerprint density at radius 2 is 1.86 bits per heavy atom. The second-order valence-electron chi connectivity index (χ2n) is 4.83. The maximum Gasteiger partial charge on any atom is 0.407 e. The standard InChI is InChI=1S/C14H18ClN3O3/c1-21-14(20)17-12-6-8-18(9-7-12)13(19)16-11-4-2-10(15)3-5-11/h2-5,12H,6-9H2,1H3,(H,16,19)(H,17,20). The van der Waals surface area contributed by atoms with Crippen LogP contribution in [0.2, 0.25) is 5.02 Å². The molecule has 0 radical (unpaired) electrons. The van der Waals surface area contributed by atoms with Crippen molar-refractivity contribution < 1.29 is 14.3 Å². The van der Waals surface area contributed by atoms with E-state index in [1.165, 1.54) is 7.11 Å². The van der Waals surface area contributed by atoms with Crippen molar-refractivity contribution in [1.29, 1.82) is 0 Å². The smallest absolute Gasteiger partial charge is 0.407 e. The van der Waals surface area contributed by atoms with Crippen molar-refractivity contribution in [2.24, 2.45) is 0 Å². The lowest BCUT2D eigenvalue weighted by Crippen LogP contribution is -2.47. The topological polar surface area (TPSA) is 70.7 Å². The van der Waals surface area contributed by atoms with Gasteiger partial charge >= 0.3 is 12.1 Å². The van der Waals surface area contributed by atoms with E-state index in [1.54, 1.807) is 29.2 Å². The summed E-state index contributed by atoms with van der Waals surface area (Å²) in [5, 5.41) is 6.20. The average molecular weight is 312 g/mol. The van der Waals surface area contributed by atoms with Crippen LogP contribution < -0.4 is 10.6 Å². The van der Waals surface area contributed by atoms with Gasteiger partial charge in [0, 0.05) is 29.8 Å². The lowest BCUT2D eigenvalue weighted by molar-refractivity contribution is 0.155. The molecule has 114 valence electrons. The van der Waals surface area contributed by atoms with Crippen LogP contribution in [0.5, 0.6) is 0 Å². The minimum absolute atomic E-state index is 0.0528. The minimum Gasteiger partial charge on any atom is -0.453 e. The molecule has 1 fully saturated rings. The predicted octanol–water partition coefficient (Wildman–Crippen LogP) is 2.69. The van der Waals surface area contributed by atoms with Crippen LogP contribution in [-0.2, 0) is 4.74 Å². The Hall–Kier alpha value is -1.95. The molecule has 0 unspecified atom stereocenters. The summed E-state index contributed by atoms with van der Waals surface area (Å²) in [7, 11) is 1.34. The third-order valence-electron chi connectivity index (χ3n) is 3.39. The highest BCUT2D eigenvalue weighted by atomic mass is 35.5. The van der Waals surface area contributed by atoms with Gasteiger partial charge in [-0.25, -0.2) is 9.59 Å². The monoisotopic (exact) mass is 311 g/mol. The van der Waals surface area contributed by atoms with Crippen LogP contribution in [0.4, 0.5) is 15.3 Å². The molecule has 6 nitrogen and oxygen atoms in total. The molecule has 1 aromatic rings. The highest BCUT2D eigenvalue weighted by molar-refractivity contribution is 6.30. The molecule has 1 saturated heterocycles. The van der Waals surface area contributed by atoms with Gasteiger partial charge in [0.2, 0.25) is 0 Å². The van der Waals surface area contributed by atoms with Gasteiger partial charge in [0.1, 0.15) is 0 Å². The quantitative estimate of drug-likeness (QED) is 0.882. The van der Waals surface area contributed by atoms with E-state index >= 15 is 0 Å². The summed E-state index contributed by atoms with van der Waals surface area (Å²) in [6.07, 6.45) is 0.991. The number of nitrogens with zero attached hydrogens (tertiary/aromatic N) is 1. The molecule has 2 rings (SSSR count). The zero-order valence-corrected chi connectivity index (χ0v) is 12.5. The Bertz CT molecular complexity index is 499. The Morgan fingerprint density at radius 3 is 2.43 bits per heavy atom. The number of hydrogen-bond acceptors (Lipinski definition) is 3. The molecule has 0 spiro atoms. The molecule has 7 heteroatoms. The van der Waals surface area contributed by atoms with E-state index in [0.717, 1.165) is 0 Å². The summed E-state index contributed by atoms with van der Waals surface area (Å²) in [4.78, 5) is 25.0. The number of anilines is 1. The van der Waals surface area contributed by atoms with Crippen molar-refractivity contribution in [1.82, 2.24) is 10.2 Å². The fourth-order valence-corrected chi connectivity index (χ4v) is 2.31. The van der Waals surface area contributed by atoms with Gasteiger partial charge in [-0.05, 0) is 37.1 Å². The van der Waals surface area contributed by atoms with E-state index in [9.17, 15) is 9.59 Å². The third kappa shape index (κ3) is 4.53. The number of methoxy groups -OCH3 is 1. The van der Waals surface area contributed by atoms with Gasteiger partial charge in [-0.2, -0.15) is 0 Å². The van der Waals surface area contributed by atoms with Gasteiger partial charge in [-0.1, -0.05) is 11.6 Å². The number of piperidine rings is 1. The number of ether oxygens (including phenoxy) is 1. The number of urea groups is 1. The molecule has 3 amide bonds. The first-order valence-corrected chi connectivity index (χ1v) is 7.12. The molecule has 0 aliphatic carbocycles. The van der Waals surface area contributed by atoms with Gasteiger partial charge in [0.05, 0.1) is 7.11 Å². The first-order valence-electron chi connectivity index (χ1n) is 6.74. The predicted molar refractivity (Wildman–Crippen MR) is 80.6 cm³/mol. The van der Waals surface area contributed by atoms with E-state index in [-0.39, 0.29) is 12.1 Å². The summed E-state index contributed by atoms with van der Waals surface area (Å²) < 4.78 is 4.56. The zero-order chi connectivity index (χ0) is 15.2. The van der Waals surface area contributed by atoms with Gasteiger partial charge in [0.25, 0.3) is 0 Å². The first kappa shape index (κ1) is 15.4. The molecule has 21 heavy (non-hydrogen) atoms. The van der Waals surface area contributed by atoms with Gasteiger partial charge in [-0.3, -0.25) is 0 Å². The molecular formula is C14H18ClN3O3.